The quantitative estimate of drug-likeness (QED) is 0.851. The zero-order valence-corrected chi connectivity index (χ0v) is 12.4. The maximum Gasteiger partial charge on any atom is 0.259 e. The molecule has 1 amide bonds. The Balaban J connectivity index is 2.24. The zero-order chi connectivity index (χ0) is 15.4. The van der Waals surface area contributed by atoms with E-state index in [4.69, 9.17) is 26.8 Å². The van der Waals surface area contributed by atoms with Crippen LogP contribution in [0.2, 0.25) is 5.02 Å². The second-order valence-electron chi connectivity index (χ2n) is 4.26. The molecule has 0 spiro atoms. The molecule has 21 heavy (non-hydrogen) atoms. The van der Waals surface area contributed by atoms with Gasteiger partial charge < -0.3 is 20.5 Å². The van der Waals surface area contributed by atoms with E-state index >= 15 is 0 Å². The van der Waals surface area contributed by atoms with Gasteiger partial charge in [0.15, 0.2) is 0 Å². The summed E-state index contributed by atoms with van der Waals surface area (Å²) in [7, 11) is 3.01. The number of hydrogen-bond acceptors (Lipinski definition) is 4. The van der Waals surface area contributed by atoms with Gasteiger partial charge in [-0.2, -0.15) is 0 Å². The lowest BCUT2D eigenvalue weighted by molar-refractivity contribution is 0.102. The molecule has 0 heterocycles. The molecule has 0 bridgehead atoms. The number of nitrogens with one attached hydrogen (secondary N) is 1. The Morgan fingerprint density at radius 2 is 1.81 bits per heavy atom. The van der Waals surface area contributed by atoms with Gasteiger partial charge in [0, 0.05) is 10.7 Å². The predicted molar refractivity (Wildman–Crippen MR) is 83.4 cm³/mol. The number of nitrogen functional groups attached to an aromatic ring is 1. The average molecular weight is 307 g/mol. The molecule has 0 unspecified atom stereocenters. The monoisotopic (exact) mass is 306 g/mol. The van der Waals surface area contributed by atoms with Gasteiger partial charge in [-0.1, -0.05) is 11.6 Å². The summed E-state index contributed by atoms with van der Waals surface area (Å²) in [6, 6.07) is 9.82. The molecule has 2 aromatic carbocycles. The summed E-state index contributed by atoms with van der Waals surface area (Å²) >= 11 is 5.87. The van der Waals surface area contributed by atoms with E-state index in [0.717, 1.165) is 0 Å². The number of nitrogens with two attached hydrogens (primary N) is 1. The van der Waals surface area contributed by atoms with Crippen molar-refractivity contribution in [3.63, 3.8) is 0 Å². The highest BCUT2D eigenvalue weighted by atomic mass is 35.5. The maximum atomic E-state index is 12.3. The molecule has 0 saturated carbocycles. The molecule has 3 N–H and O–H groups in total. The molecule has 0 saturated heterocycles. The van der Waals surface area contributed by atoms with Crippen molar-refractivity contribution in [3.05, 3.63) is 47.0 Å². The summed E-state index contributed by atoms with van der Waals surface area (Å²) in [5, 5.41) is 3.24. The standard InChI is InChI=1S/C15H15ClN2O3/c1-20-13-6-4-10(8-12(13)17)18-15(19)11-5-3-9(16)7-14(11)21-2/h3-8H,17H2,1-2H3,(H,18,19). The van der Waals surface area contributed by atoms with Crippen LogP contribution in [0.3, 0.4) is 0 Å². The molecule has 6 heteroatoms. The van der Waals surface area contributed by atoms with Gasteiger partial charge in [0.2, 0.25) is 0 Å². The lowest BCUT2D eigenvalue weighted by atomic mass is 10.1. The molecule has 0 aromatic heterocycles. The number of carbonyl (C=O) groups is 1. The fourth-order valence-corrected chi connectivity index (χ4v) is 2.03. The zero-order valence-electron chi connectivity index (χ0n) is 11.6. The summed E-state index contributed by atoms with van der Waals surface area (Å²) in [4.78, 5) is 12.3. The van der Waals surface area contributed by atoms with Crippen molar-refractivity contribution in [3.8, 4) is 11.5 Å². The first kappa shape index (κ1) is 15.0. The highest BCUT2D eigenvalue weighted by Crippen LogP contribution is 2.27. The number of rotatable bonds is 4. The van der Waals surface area contributed by atoms with E-state index in [1.54, 1.807) is 36.4 Å². The third kappa shape index (κ3) is 3.38. The second-order valence-corrected chi connectivity index (χ2v) is 4.69. The normalized spacial score (nSPS) is 10.0. The van der Waals surface area contributed by atoms with Crippen LogP contribution < -0.4 is 20.5 Å². The molecule has 0 aliphatic rings. The fraction of sp³-hybridized carbons (Fsp3) is 0.133. The minimum atomic E-state index is -0.312. The summed E-state index contributed by atoms with van der Waals surface area (Å²) in [6.07, 6.45) is 0. The second kappa shape index (κ2) is 6.37. The molecule has 0 aliphatic carbocycles. The Labute approximate surface area is 127 Å². The van der Waals surface area contributed by atoms with Gasteiger partial charge in [0.25, 0.3) is 5.91 Å². The van der Waals surface area contributed by atoms with Crippen molar-refractivity contribution in [2.45, 2.75) is 0 Å². The number of hydrogen-bond donors (Lipinski definition) is 2. The Morgan fingerprint density at radius 1 is 1.10 bits per heavy atom. The van der Waals surface area contributed by atoms with Crippen LogP contribution in [0.5, 0.6) is 11.5 Å². The minimum Gasteiger partial charge on any atom is -0.496 e. The van der Waals surface area contributed by atoms with Gasteiger partial charge in [0.1, 0.15) is 11.5 Å². The molecule has 0 fully saturated rings. The van der Waals surface area contributed by atoms with Gasteiger partial charge in [-0.3, -0.25) is 4.79 Å². The third-order valence-electron chi connectivity index (χ3n) is 2.90. The van der Waals surface area contributed by atoms with Crippen molar-refractivity contribution >= 4 is 28.9 Å². The van der Waals surface area contributed by atoms with E-state index in [9.17, 15) is 4.79 Å². The first-order valence-electron chi connectivity index (χ1n) is 6.13. The number of benzene rings is 2. The summed E-state index contributed by atoms with van der Waals surface area (Å²) in [5.74, 6) is 0.645. The Morgan fingerprint density at radius 3 is 2.43 bits per heavy atom. The lowest BCUT2D eigenvalue weighted by Crippen LogP contribution is -2.13. The third-order valence-corrected chi connectivity index (χ3v) is 3.13. The molecule has 0 atom stereocenters. The number of amides is 1. The molecular formula is C15H15ClN2O3. The van der Waals surface area contributed by atoms with Crippen LogP contribution in [0.15, 0.2) is 36.4 Å². The van der Waals surface area contributed by atoms with Crippen molar-refractivity contribution in [2.24, 2.45) is 0 Å². The van der Waals surface area contributed by atoms with Crippen LogP contribution in [0.4, 0.5) is 11.4 Å². The van der Waals surface area contributed by atoms with Crippen LogP contribution in [0.25, 0.3) is 0 Å². The van der Waals surface area contributed by atoms with Crippen LogP contribution in [-0.4, -0.2) is 20.1 Å². The number of methoxy groups -OCH3 is 2. The van der Waals surface area contributed by atoms with Crippen LogP contribution in [0.1, 0.15) is 10.4 Å². The fourth-order valence-electron chi connectivity index (χ4n) is 1.86. The van der Waals surface area contributed by atoms with Gasteiger partial charge in [-0.05, 0) is 36.4 Å². The summed E-state index contributed by atoms with van der Waals surface area (Å²) in [6.45, 7) is 0. The van der Waals surface area contributed by atoms with Crippen LogP contribution in [0, 0.1) is 0 Å². The molecule has 5 nitrogen and oxygen atoms in total. The molecule has 110 valence electrons. The number of halogens is 1. The van der Waals surface area contributed by atoms with Gasteiger partial charge in [-0.15, -0.1) is 0 Å². The first-order chi connectivity index (χ1) is 10.0. The van der Waals surface area contributed by atoms with Crippen LogP contribution >= 0.6 is 11.6 Å². The van der Waals surface area contributed by atoms with E-state index in [1.165, 1.54) is 14.2 Å². The molecular weight excluding hydrogens is 292 g/mol. The summed E-state index contributed by atoms with van der Waals surface area (Å²) < 4.78 is 10.2. The van der Waals surface area contributed by atoms with Crippen molar-refractivity contribution in [2.75, 3.05) is 25.3 Å². The Bertz CT molecular complexity index is 674. The summed E-state index contributed by atoms with van der Waals surface area (Å²) in [5.41, 5.74) is 7.20. The highest BCUT2D eigenvalue weighted by Gasteiger charge is 2.13. The number of anilines is 2. The number of ether oxygens (including phenoxy) is 2. The van der Waals surface area contributed by atoms with Crippen molar-refractivity contribution in [1.29, 1.82) is 0 Å². The van der Waals surface area contributed by atoms with E-state index in [0.29, 0.717) is 33.5 Å². The topological polar surface area (TPSA) is 73.6 Å². The van der Waals surface area contributed by atoms with Gasteiger partial charge in [-0.25, -0.2) is 0 Å². The molecule has 0 radical (unpaired) electrons. The Kier molecular flexibility index (Phi) is 4.55. The number of carbonyl (C=O) groups excluding carboxylic acids is 1. The molecule has 0 aliphatic heterocycles. The van der Waals surface area contributed by atoms with Crippen LogP contribution in [-0.2, 0) is 0 Å². The Hall–Kier alpha value is -2.40. The predicted octanol–water partition coefficient (Wildman–Crippen LogP) is 3.19. The highest BCUT2D eigenvalue weighted by molar-refractivity contribution is 6.31. The van der Waals surface area contributed by atoms with E-state index < -0.39 is 0 Å². The molecule has 2 rings (SSSR count). The first-order valence-corrected chi connectivity index (χ1v) is 6.51. The van der Waals surface area contributed by atoms with E-state index in [2.05, 4.69) is 5.32 Å². The smallest absolute Gasteiger partial charge is 0.259 e. The van der Waals surface area contributed by atoms with Gasteiger partial charge in [0.05, 0.1) is 25.5 Å². The lowest BCUT2D eigenvalue weighted by Gasteiger charge is -2.11. The van der Waals surface area contributed by atoms with E-state index in [1.807, 2.05) is 0 Å². The minimum absolute atomic E-state index is 0.312. The van der Waals surface area contributed by atoms with Gasteiger partial charge >= 0.3 is 0 Å². The average Bonchev–Trinajstić information content (AvgIpc) is 2.47. The maximum absolute atomic E-state index is 12.3. The SMILES string of the molecule is COc1ccc(NC(=O)c2ccc(Cl)cc2OC)cc1N. The van der Waals surface area contributed by atoms with Crippen molar-refractivity contribution in [1.82, 2.24) is 0 Å². The molecule has 2 aromatic rings. The van der Waals surface area contributed by atoms with E-state index in [-0.39, 0.29) is 5.91 Å². The largest absolute Gasteiger partial charge is 0.496 e. The van der Waals surface area contributed by atoms with Crippen molar-refractivity contribution < 1.29 is 14.3 Å².